The molecular weight excluding hydrogens is 292 g/mol. The van der Waals surface area contributed by atoms with Crippen LogP contribution < -0.4 is 18.6 Å². The van der Waals surface area contributed by atoms with Gasteiger partial charge in [0, 0.05) is 16.3 Å². The van der Waals surface area contributed by atoms with Crippen molar-refractivity contribution >= 4 is 21.7 Å². The number of fused-ring (bicyclic) bond motifs is 1. The molecule has 0 spiro atoms. The molecule has 2 rings (SSSR count). The molecular formula is C12H13ClO5S. The minimum Gasteiger partial charge on any atom is -0.503 e. The van der Waals surface area contributed by atoms with Crippen molar-refractivity contribution in [2.24, 2.45) is 0 Å². The molecule has 0 amide bonds. The lowest BCUT2D eigenvalue weighted by Crippen LogP contribution is -2.68. The average Bonchev–Trinajstić information content (AvgIpc) is 2.26. The number of hydrogen-bond donors (Lipinski definition) is 1. The topological polar surface area (TPSA) is 112 Å². The molecule has 1 N–H and O–H groups in total. The quantitative estimate of drug-likeness (QED) is 0.614. The molecule has 7 heteroatoms. The first kappa shape index (κ1) is 16.0. The van der Waals surface area contributed by atoms with Gasteiger partial charge in [0.05, 0.1) is 0 Å². The molecule has 0 aliphatic carbocycles. The molecule has 104 valence electrons. The van der Waals surface area contributed by atoms with Gasteiger partial charge >= 0.3 is 0 Å². The zero-order chi connectivity index (χ0) is 14.6. The van der Waals surface area contributed by atoms with Crippen molar-refractivity contribution in [3.8, 4) is 5.75 Å². The van der Waals surface area contributed by atoms with Crippen molar-refractivity contribution < 1.29 is 34.0 Å². The number of benzene rings is 2. The van der Waals surface area contributed by atoms with E-state index in [0.29, 0.717) is 5.75 Å². The predicted molar refractivity (Wildman–Crippen MR) is 63.1 cm³/mol. The Morgan fingerprint density at radius 2 is 1.47 bits per heavy atom. The third kappa shape index (κ3) is 5.23. The fourth-order valence-corrected chi connectivity index (χ4v) is 2.77. The highest BCUT2D eigenvalue weighted by molar-refractivity contribution is 7.95. The van der Waals surface area contributed by atoms with Crippen LogP contribution in [0.2, 0.25) is 0 Å². The summed E-state index contributed by atoms with van der Waals surface area (Å²) in [5.41, 5.74) is 0. The molecule has 0 saturated carbocycles. The largest absolute Gasteiger partial charge is 0.503 e. The van der Waals surface area contributed by atoms with Gasteiger partial charge in [0.15, 0.2) is 5.75 Å². The Bertz CT molecular complexity index is 547. The molecule has 0 radical (unpaired) electrons. The van der Waals surface area contributed by atoms with E-state index in [4.69, 9.17) is 18.6 Å². The Hall–Kier alpha value is -1.02. The molecule has 0 unspecified atom stereocenters. The Kier molecular flexibility index (Phi) is 5.42. The van der Waals surface area contributed by atoms with E-state index in [2.05, 4.69) is 24.6 Å². The van der Waals surface area contributed by atoms with Crippen molar-refractivity contribution in [2.45, 2.75) is 4.90 Å². The van der Waals surface area contributed by atoms with E-state index in [-0.39, 0.29) is 10.9 Å². The van der Waals surface area contributed by atoms with Crippen molar-refractivity contribution in [3.05, 3.63) is 36.4 Å². The van der Waals surface area contributed by atoms with Gasteiger partial charge in [-0.2, -0.15) is 0 Å². The van der Waals surface area contributed by atoms with E-state index >= 15 is 0 Å². The molecule has 0 atom stereocenters. The lowest BCUT2D eigenvalue weighted by Gasteiger charge is -2.17. The lowest BCUT2D eigenvalue weighted by atomic mass is 10.1. The summed E-state index contributed by atoms with van der Waals surface area (Å²) in [5.74, 6) is 0.414. The maximum atomic E-state index is 9.79. The van der Waals surface area contributed by atoms with E-state index < -0.39 is 10.2 Å². The molecule has 19 heavy (non-hydrogen) atoms. The number of rotatable bonds is 1. The lowest BCUT2D eigenvalue weighted by molar-refractivity contribution is -2.00. The van der Waals surface area contributed by atoms with Crippen LogP contribution in [0, 0.1) is 10.2 Å². The van der Waals surface area contributed by atoms with E-state index in [1.807, 2.05) is 18.2 Å². The maximum absolute atomic E-state index is 9.79. The minimum absolute atomic E-state index is 0.0849. The fraction of sp³-hybridized carbons (Fsp3) is 0.167. The monoisotopic (exact) mass is 304 g/mol. The Labute approximate surface area is 115 Å². The third-order valence-corrected chi connectivity index (χ3v) is 3.51. The molecule has 0 bridgehead atoms. The van der Waals surface area contributed by atoms with Crippen LogP contribution in [0.5, 0.6) is 5.75 Å². The highest BCUT2D eigenvalue weighted by atomic mass is 35.7. The van der Waals surface area contributed by atoms with E-state index in [1.165, 1.54) is 10.8 Å². The summed E-state index contributed by atoms with van der Waals surface area (Å²) in [6.07, 6.45) is 4.25. The summed E-state index contributed by atoms with van der Waals surface area (Å²) in [6, 6.07) is 11.9. The average molecular weight is 305 g/mol. The number of phenols is 1. The first-order chi connectivity index (χ1) is 8.70. The van der Waals surface area contributed by atoms with Crippen molar-refractivity contribution in [1.29, 1.82) is 0 Å². The second-order valence-corrected chi connectivity index (χ2v) is 6.63. The summed E-state index contributed by atoms with van der Waals surface area (Å²) in [6.45, 7) is 0. The number of phenolic OH excluding ortho intramolecular Hbond substituents is 1. The van der Waals surface area contributed by atoms with Crippen LogP contribution in [-0.2, 0) is 10.9 Å². The standard InChI is InChI=1S/C12H12OS.ClHO4/c1-14(2)12-10-6-4-3-5-9(10)7-8-11(12)13;2-1(3,4)5/h3-8H,1-2H3;(H,2,3,4,5). The van der Waals surface area contributed by atoms with Crippen molar-refractivity contribution in [2.75, 3.05) is 12.5 Å². The molecule has 0 aliphatic heterocycles. The maximum Gasteiger partial charge on any atom is 0.203 e. The van der Waals surface area contributed by atoms with Crippen LogP contribution in [0.25, 0.3) is 10.8 Å². The Balaban J connectivity index is 0.000000312. The first-order valence-electron chi connectivity index (χ1n) is 5.10. The second-order valence-electron chi connectivity index (χ2n) is 3.83. The number of hydrogen-bond acceptors (Lipinski definition) is 5. The molecule has 0 heterocycles. The molecule has 0 saturated heterocycles. The van der Waals surface area contributed by atoms with Crippen molar-refractivity contribution in [3.63, 3.8) is 0 Å². The summed E-state index contributed by atoms with van der Waals surface area (Å²) in [7, 11) is -4.86. The van der Waals surface area contributed by atoms with E-state index in [9.17, 15) is 5.11 Å². The Morgan fingerprint density at radius 1 is 0.947 bits per heavy atom. The van der Waals surface area contributed by atoms with E-state index in [0.717, 1.165) is 4.90 Å². The van der Waals surface area contributed by atoms with Gasteiger partial charge < -0.3 is 5.11 Å². The predicted octanol–water partition coefficient (Wildman–Crippen LogP) is -1.97. The minimum atomic E-state index is -4.94. The van der Waals surface area contributed by atoms with Gasteiger partial charge in [0.1, 0.15) is 12.5 Å². The van der Waals surface area contributed by atoms with Crippen LogP contribution in [0.3, 0.4) is 0 Å². The Morgan fingerprint density at radius 3 is 2.00 bits per heavy atom. The zero-order valence-corrected chi connectivity index (χ0v) is 11.9. The molecule has 0 aliphatic rings. The van der Waals surface area contributed by atoms with Gasteiger partial charge in [-0.1, -0.05) is 24.3 Å². The van der Waals surface area contributed by atoms with Gasteiger partial charge in [-0.05, 0) is 17.5 Å². The van der Waals surface area contributed by atoms with Crippen LogP contribution in [0.4, 0.5) is 0 Å². The summed E-state index contributed by atoms with van der Waals surface area (Å²) in [5, 5.41) is 12.1. The first-order valence-corrected chi connectivity index (χ1v) is 8.38. The highest BCUT2D eigenvalue weighted by Crippen LogP contribution is 2.30. The summed E-state index contributed by atoms with van der Waals surface area (Å²) in [4.78, 5) is 1.07. The molecule has 0 aromatic heterocycles. The SMILES string of the molecule is C[S+](C)c1c(O)ccc2ccccc12.[O-][Cl+3]([O-])([O-])[O-]. The molecule has 2 aromatic rings. The third-order valence-electron chi connectivity index (χ3n) is 2.27. The van der Waals surface area contributed by atoms with Gasteiger partial charge in [0.2, 0.25) is 4.90 Å². The fourth-order valence-electron chi connectivity index (χ4n) is 1.66. The van der Waals surface area contributed by atoms with Gasteiger partial charge in [0.25, 0.3) is 0 Å². The smallest absolute Gasteiger partial charge is 0.203 e. The number of halogens is 1. The normalized spacial score (nSPS) is 11.3. The van der Waals surface area contributed by atoms with Gasteiger partial charge in [-0.15, -0.1) is 10.2 Å². The van der Waals surface area contributed by atoms with Crippen LogP contribution in [-0.4, -0.2) is 17.6 Å². The van der Waals surface area contributed by atoms with Gasteiger partial charge in [-0.3, -0.25) is 0 Å². The van der Waals surface area contributed by atoms with Crippen LogP contribution in [0.1, 0.15) is 0 Å². The van der Waals surface area contributed by atoms with Crippen LogP contribution >= 0.6 is 0 Å². The van der Waals surface area contributed by atoms with Crippen LogP contribution in [0.15, 0.2) is 41.3 Å². The molecule has 0 fully saturated rings. The van der Waals surface area contributed by atoms with E-state index in [1.54, 1.807) is 6.07 Å². The summed E-state index contributed by atoms with van der Waals surface area (Å²) >= 11 is 0. The van der Waals surface area contributed by atoms with Gasteiger partial charge in [-0.25, -0.2) is 18.6 Å². The summed E-state index contributed by atoms with van der Waals surface area (Å²) < 4.78 is 34.0. The number of aromatic hydroxyl groups is 1. The molecule has 5 nitrogen and oxygen atoms in total. The highest BCUT2D eigenvalue weighted by Gasteiger charge is 2.17. The second kappa shape index (κ2) is 6.42. The molecule has 2 aromatic carbocycles. The van der Waals surface area contributed by atoms with Crippen molar-refractivity contribution in [1.82, 2.24) is 0 Å². The zero-order valence-electron chi connectivity index (χ0n) is 10.3.